The minimum absolute atomic E-state index is 0.0297. The maximum absolute atomic E-state index is 12.5. The fourth-order valence-electron chi connectivity index (χ4n) is 4.42. The smallest absolute Gasteiger partial charge is 0.241 e. The molecular formula is C22H27N3O2. The van der Waals surface area contributed by atoms with Gasteiger partial charge in [-0.1, -0.05) is 42.5 Å². The Labute approximate surface area is 160 Å². The van der Waals surface area contributed by atoms with Gasteiger partial charge in [0.1, 0.15) is 0 Å². The number of fused-ring (bicyclic) bond motifs is 1. The van der Waals surface area contributed by atoms with E-state index in [1.807, 2.05) is 47.4 Å². The number of rotatable bonds is 4. The van der Waals surface area contributed by atoms with Crippen LogP contribution in [0.1, 0.15) is 24.8 Å². The zero-order valence-electron chi connectivity index (χ0n) is 15.7. The van der Waals surface area contributed by atoms with E-state index in [0.29, 0.717) is 11.8 Å². The van der Waals surface area contributed by atoms with E-state index in [4.69, 9.17) is 0 Å². The van der Waals surface area contributed by atoms with E-state index in [9.17, 15) is 9.59 Å². The third kappa shape index (κ3) is 3.98. The first kappa shape index (κ1) is 18.0. The van der Waals surface area contributed by atoms with Crippen LogP contribution in [0.3, 0.4) is 0 Å². The fourth-order valence-corrected chi connectivity index (χ4v) is 4.42. The van der Waals surface area contributed by atoms with Crippen LogP contribution in [0.25, 0.3) is 10.8 Å². The highest BCUT2D eigenvalue weighted by Crippen LogP contribution is 2.36. The number of carbonyl (C=O) groups excluding carboxylic acids is 2. The highest BCUT2D eigenvalue weighted by atomic mass is 16.2. The summed E-state index contributed by atoms with van der Waals surface area (Å²) >= 11 is 0. The van der Waals surface area contributed by atoms with E-state index in [2.05, 4.69) is 10.6 Å². The minimum atomic E-state index is -0.104. The van der Waals surface area contributed by atoms with E-state index in [1.165, 1.54) is 6.42 Å². The lowest BCUT2D eigenvalue weighted by molar-refractivity contribution is -0.134. The predicted molar refractivity (Wildman–Crippen MR) is 106 cm³/mol. The van der Waals surface area contributed by atoms with E-state index in [1.54, 1.807) is 0 Å². The molecule has 2 amide bonds. The van der Waals surface area contributed by atoms with E-state index in [-0.39, 0.29) is 18.4 Å². The number of amides is 2. The van der Waals surface area contributed by atoms with Crippen LogP contribution in [0.4, 0.5) is 0 Å². The van der Waals surface area contributed by atoms with Crippen molar-refractivity contribution in [1.29, 1.82) is 0 Å². The number of likely N-dealkylation sites (tertiary alicyclic amines) is 1. The number of piperidine rings is 1. The van der Waals surface area contributed by atoms with Crippen LogP contribution in [-0.4, -0.2) is 49.4 Å². The molecule has 2 fully saturated rings. The molecule has 2 N–H and O–H groups in total. The van der Waals surface area contributed by atoms with Gasteiger partial charge in [0.15, 0.2) is 0 Å². The molecule has 1 spiro atoms. The van der Waals surface area contributed by atoms with E-state index < -0.39 is 0 Å². The highest BCUT2D eigenvalue weighted by molar-refractivity contribution is 5.91. The lowest BCUT2D eigenvalue weighted by Gasteiger charge is -2.38. The van der Waals surface area contributed by atoms with Gasteiger partial charge in [-0.05, 0) is 47.6 Å². The van der Waals surface area contributed by atoms with Gasteiger partial charge in [0.2, 0.25) is 11.8 Å². The van der Waals surface area contributed by atoms with Crippen LogP contribution >= 0.6 is 0 Å². The quantitative estimate of drug-likeness (QED) is 0.872. The Hall–Kier alpha value is -2.40. The first-order valence-electron chi connectivity index (χ1n) is 9.87. The van der Waals surface area contributed by atoms with Crippen molar-refractivity contribution in [2.45, 2.75) is 25.7 Å². The maximum Gasteiger partial charge on any atom is 0.241 e. The molecule has 2 aliphatic rings. The van der Waals surface area contributed by atoms with Crippen molar-refractivity contribution in [3.8, 4) is 0 Å². The van der Waals surface area contributed by atoms with Gasteiger partial charge in [0, 0.05) is 19.6 Å². The number of hydrogen-bond donors (Lipinski definition) is 2. The monoisotopic (exact) mass is 365 g/mol. The second kappa shape index (κ2) is 7.69. The molecule has 0 atom stereocenters. The average molecular weight is 365 g/mol. The van der Waals surface area contributed by atoms with Crippen LogP contribution in [0, 0.1) is 5.41 Å². The van der Waals surface area contributed by atoms with Crippen molar-refractivity contribution in [2.75, 3.05) is 32.7 Å². The molecule has 2 saturated heterocycles. The summed E-state index contributed by atoms with van der Waals surface area (Å²) in [5, 5.41) is 8.47. The number of nitrogens with zero attached hydrogens (tertiary/aromatic N) is 1. The molecule has 0 saturated carbocycles. The van der Waals surface area contributed by atoms with Gasteiger partial charge in [-0.15, -0.1) is 0 Å². The normalized spacial score (nSPS) is 18.7. The van der Waals surface area contributed by atoms with Gasteiger partial charge in [0.25, 0.3) is 0 Å². The Balaban J connectivity index is 1.28. The van der Waals surface area contributed by atoms with E-state index in [0.717, 1.165) is 55.4 Å². The third-order valence-electron chi connectivity index (χ3n) is 6.18. The summed E-state index contributed by atoms with van der Waals surface area (Å²) in [5.74, 6) is -0.0738. The lowest BCUT2D eigenvalue weighted by atomic mass is 9.78. The standard InChI is InChI=1S/C22H27N3O2/c26-20(14-18-6-3-5-17-4-1-2-7-19(17)18)24-15-21(27)25-12-9-22(10-13-25)8-11-23-16-22/h1-7,23H,8-16H2,(H,24,26). The predicted octanol–water partition coefficient (Wildman–Crippen LogP) is 2.10. The molecule has 5 heteroatoms. The number of nitrogens with one attached hydrogen (secondary N) is 2. The summed E-state index contributed by atoms with van der Waals surface area (Å²) < 4.78 is 0. The lowest BCUT2D eigenvalue weighted by Crippen LogP contribution is -2.47. The van der Waals surface area contributed by atoms with Gasteiger partial charge in [-0.2, -0.15) is 0 Å². The topological polar surface area (TPSA) is 61.4 Å². The van der Waals surface area contributed by atoms with Gasteiger partial charge in [-0.3, -0.25) is 9.59 Å². The second-order valence-electron chi connectivity index (χ2n) is 7.90. The largest absolute Gasteiger partial charge is 0.347 e. The van der Waals surface area contributed by atoms with E-state index >= 15 is 0 Å². The molecule has 27 heavy (non-hydrogen) atoms. The Bertz CT molecular complexity index is 827. The summed E-state index contributed by atoms with van der Waals surface area (Å²) in [6.45, 7) is 3.88. The van der Waals surface area contributed by atoms with Crippen molar-refractivity contribution in [1.82, 2.24) is 15.5 Å². The molecule has 2 aliphatic heterocycles. The third-order valence-corrected chi connectivity index (χ3v) is 6.18. The molecular weight excluding hydrogens is 338 g/mol. The molecule has 0 aliphatic carbocycles. The molecule has 142 valence electrons. The Morgan fingerprint density at radius 2 is 1.81 bits per heavy atom. The number of carbonyl (C=O) groups is 2. The summed E-state index contributed by atoms with van der Waals surface area (Å²) in [6.07, 6.45) is 3.64. The van der Waals surface area contributed by atoms with Gasteiger partial charge < -0.3 is 15.5 Å². The first-order chi connectivity index (χ1) is 13.2. The van der Waals surface area contributed by atoms with Gasteiger partial charge in [0.05, 0.1) is 13.0 Å². The second-order valence-corrected chi connectivity index (χ2v) is 7.90. The van der Waals surface area contributed by atoms with Crippen molar-refractivity contribution >= 4 is 22.6 Å². The SMILES string of the molecule is O=C(Cc1cccc2ccccc12)NCC(=O)N1CCC2(CCNC2)CC1. The Kier molecular flexibility index (Phi) is 5.12. The van der Waals surface area contributed by atoms with Crippen molar-refractivity contribution in [2.24, 2.45) is 5.41 Å². The van der Waals surface area contributed by atoms with Crippen LogP contribution < -0.4 is 10.6 Å². The molecule has 2 aromatic carbocycles. The fraction of sp³-hybridized carbons (Fsp3) is 0.455. The Morgan fingerprint density at radius 3 is 2.59 bits per heavy atom. The summed E-state index contributed by atoms with van der Waals surface area (Å²) in [6, 6.07) is 14.0. The van der Waals surface area contributed by atoms with Crippen LogP contribution in [0.2, 0.25) is 0 Å². The zero-order chi connectivity index (χ0) is 18.7. The minimum Gasteiger partial charge on any atom is -0.347 e. The molecule has 2 heterocycles. The zero-order valence-corrected chi connectivity index (χ0v) is 15.7. The molecule has 5 nitrogen and oxygen atoms in total. The van der Waals surface area contributed by atoms with Crippen LogP contribution in [0.5, 0.6) is 0 Å². The maximum atomic E-state index is 12.5. The van der Waals surface area contributed by atoms with Crippen molar-refractivity contribution in [3.05, 3.63) is 48.0 Å². The van der Waals surface area contributed by atoms with Gasteiger partial charge in [-0.25, -0.2) is 0 Å². The number of benzene rings is 2. The average Bonchev–Trinajstić information content (AvgIpc) is 3.15. The molecule has 4 rings (SSSR count). The first-order valence-corrected chi connectivity index (χ1v) is 9.87. The molecule has 0 bridgehead atoms. The molecule has 0 aromatic heterocycles. The summed E-state index contributed by atoms with van der Waals surface area (Å²) in [5.41, 5.74) is 1.39. The molecule has 0 radical (unpaired) electrons. The summed E-state index contributed by atoms with van der Waals surface area (Å²) in [7, 11) is 0. The van der Waals surface area contributed by atoms with Crippen LogP contribution in [0.15, 0.2) is 42.5 Å². The Morgan fingerprint density at radius 1 is 1.04 bits per heavy atom. The number of hydrogen-bond acceptors (Lipinski definition) is 3. The van der Waals surface area contributed by atoms with Gasteiger partial charge >= 0.3 is 0 Å². The summed E-state index contributed by atoms with van der Waals surface area (Å²) in [4.78, 5) is 26.7. The highest BCUT2D eigenvalue weighted by Gasteiger charge is 2.37. The van der Waals surface area contributed by atoms with Crippen LogP contribution in [-0.2, 0) is 16.0 Å². The molecule has 2 aromatic rings. The van der Waals surface area contributed by atoms with Crippen molar-refractivity contribution < 1.29 is 9.59 Å². The molecule has 0 unspecified atom stereocenters. The van der Waals surface area contributed by atoms with Crippen molar-refractivity contribution in [3.63, 3.8) is 0 Å².